The largest absolute Gasteiger partial charge is 0.468 e. The van der Waals surface area contributed by atoms with E-state index in [-0.39, 0.29) is 6.79 Å². The Balaban J connectivity index is 2.78. The maximum Gasteiger partial charge on any atom is 0.408 e. The number of carbonyl (C=O) groups excluding carboxylic acids is 2. The average molecular weight is 330 g/mol. The normalized spacial score (nSPS) is 12.4. The van der Waals surface area contributed by atoms with Gasteiger partial charge in [0.1, 0.15) is 17.4 Å². The first-order chi connectivity index (χ1) is 10.2. The molecule has 0 bridgehead atoms. The van der Waals surface area contributed by atoms with Crippen molar-refractivity contribution in [1.82, 2.24) is 5.32 Å². The summed E-state index contributed by atoms with van der Waals surface area (Å²) < 4.78 is 15.1. The zero-order valence-electron chi connectivity index (χ0n) is 13.0. The molecule has 1 aromatic rings. The topological polar surface area (TPSA) is 73.9 Å². The van der Waals surface area contributed by atoms with Gasteiger partial charge >= 0.3 is 6.09 Å². The molecule has 0 aliphatic rings. The van der Waals surface area contributed by atoms with E-state index in [0.29, 0.717) is 11.3 Å². The maximum absolute atomic E-state index is 11.8. The minimum atomic E-state index is -0.993. The number of hydrogen-bond acceptors (Lipinski definition) is 5. The summed E-state index contributed by atoms with van der Waals surface area (Å²) in [4.78, 5) is 23.3. The Morgan fingerprint density at radius 3 is 2.27 bits per heavy atom. The molecule has 0 heterocycles. The molecular weight excluding hydrogens is 310 g/mol. The van der Waals surface area contributed by atoms with Gasteiger partial charge in [0, 0.05) is 7.11 Å². The third kappa shape index (κ3) is 6.32. The average Bonchev–Trinajstić information content (AvgIpc) is 2.41. The fourth-order valence-corrected chi connectivity index (χ4v) is 1.76. The molecule has 0 aromatic heterocycles. The summed E-state index contributed by atoms with van der Waals surface area (Å²) in [6, 6.07) is 5.57. The predicted octanol–water partition coefficient (Wildman–Crippen LogP) is 3.00. The van der Waals surface area contributed by atoms with E-state index in [1.807, 2.05) is 0 Å². The van der Waals surface area contributed by atoms with Crippen LogP contribution >= 0.6 is 11.6 Å². The SMILES string of the molecule is COCOc1ccc(C(NC(=O)OC(C)(C)C)C(=O)Cl)cc1. The predicted molar refractivity (Wildman–Crippen MR) is 81.9 cm³/mol. The molecule has 1 atom stereocenters. The van der Waals surface area contributed by atoms with Crippen LogP contribution in [0.3, 0.4) is 0 Å². The first-order valence-electron chi connectivity index (χ1n) is 6.63. The van der Waals surface area contributed by atoms with Crippen molar-refractivity contribution in [2.24, 2.45) is 0 Å². The Morgan fingerprint density at radius 1 is 1.23 bits per heavy atom. The number of alkyl carbamates (subject to hydrolysis) is 1. The quantitative estimate of drug-likeness (QED) is 0.641. The van der Waals surface area contributed by atoms with Crippen molar-refractivity contribution in [2.45, 2.75) is 32.4 Å². The van der Waals surface area contributed by atoms with Gasteiger partial charge < -0.3 is 19.5 Å². The summed E-state index contributed by atoms with van der Waals surface area (Å²) in [6.45, 7) is 5.30. The van der Waals surface area contributed by atoms with E-state index < -0.39 is 23.0 Å². The standard InChI is InChI=1S/C15H20ClNO5/c1-15(2,3)22-14(19)17-12(13(16)18)10-5-7-11(8-6-10)21-9-20-4/h5-8,12H,9H2,1-4H3,(H,17,19). The van der Waals surface area contributed by atoms with E-state index in [0.717, 1.165) is 0 Å². The van der Waals surface area contributed by atoms with Gasteiger partial charge in [0.05, 0.1) is 0 Å². The molecule has 0 fully saturated rings. The summed E-state index contributed by atoms with van der Waals surface area (Å²) in [7, 11) is 1.52. The number of hydrogen-bond donors (Lipinski definition) is 1. The van der Waals surface area contributed by atoms with Crippen molar-refractivity contribution in [3.05, 3.63) is 29.8 Å². The van der Waals surface area contributed by atoms with Crippen LogP contribution in [0.2, 0.25) is 0 Å². The minimum Gasteiger partial charge on any atom is -0.468 e. The second kappa shape index (κ2) is 8.00. The molecule has 0 saturated carbocycles. The van der Waals surface area contributed by atoms with Crippen molar-refractivity contribution in [1.29, 1.82) is 0 Å². The van der Waals surface area contributed by atoms with E-state index in [1.165, 1.54) is 7.11 Å². The molecule has 0 aliphatic carbocycles. The molecule has 122 valence electrons. The van der Waals surface area contributed by atoms with Crippen molar-refractivity contribution in [3.8, 4) is 5.75 Å². The lowest BCUT2D eigenvalue weighted by Crippen LogP contribution is -2.37. The highest BCUT2D eigenvalue weighted by Gasteiger charge is 2.24. The van der Waals surface area contributed by atoms with Crippen LogP contribution in [0.4, 0.5) is 4.79 Å². The van der Waals surface area contributed by atoms with Crippen molar-refractivity contribution < 1.29 is 23.8 Å². The van der Waals surface area contributed by atoms with Gasteiger partial charge in [-0.15, -0.1) is 0 Å². The van der Waals surface area contributed by atoms with Crippen LogP contribution in [0.5, 0.6) is 5.75 Å². The second-order valence-corrected chi connectivity index (χ2v) is 5.88. The second-order valence-electron chi connectivity index (χ2n) is 5.50. The van der Waals surface area contributed by atoms with E-state index in [9.17, 15) is 9.59 Å². The fraction of sp³-hybridized carbons (Fsp3) is 0.467. The van der Waals surface area contributed by atoms with Gasteiger partial charge in [-0.2, -0.15) is 0 Å². The van der Waals surface area contributed by atoms with Crippen LogP contribution < -0.4 is 10.1 Å². The van der Waals surface area contributed by atoms with Gasteiger partial charge in [-0.3, -0.25) is 4.79 Å². The van der Waals surface area contributed by atoms with Crippen LogP contribution in [0.15, 0.2) is 24.3 Å². The summed E-state index contributed by atoms with van der Waals surface area (Å²) in [5, 5.41) is 1.73. The lowest BCUT2D eigenvalue weighted by atomic mass is 10.1. The molecule has 1 amide bonds. The van der Waals surface area contributed by atoms with Gasteiger partial charge in [0.25, 0.3) is 0 Å². The highest BCUT2D eigenvalue weighted by molar-refractivity contribution is 6.64. The van der Waals surface area contributed by atoms with Crippen LogP contribution in [-0.4, -0.2) is 30.8 Å². The number of rotatable bonds is 6. The molecular formula is C15H20ClNO5. The first-order valence-corrected chi connectivity index (χ1v) is 7.01. The third-order valence-electron chi connectivity index (χ3n) is 2.44. The highest BCUT2D eigenvalue weighted by atomic mass is 35.5. The smallest absolute Gasteiger partial charge is 0.408 e. The number of halogens is 1. The Morgan fingerprint density at radius 2 is 1.82 bits per heavy atom. The zero-order chi connectivity index (χ0) is 16.8. The molecule has 0 aliphatic heterocycles. The molecule has 1 rings (SSSR count). The molecule has 6 nitrogen and oxygen atoms in total. The van der Waals surface area contributed by atoms with Crippen molar-refractivity contribution in [2.75, 3.05) is 13.9 Å². The summed E-state index contributed by atoms with van der Waals surface area (Å²) in [6.07, 6.45) is -0.716. The number of carbonyl (C=O) groups is 2. The summed E-state index contributed by atoms with van der Waals surface area (Å²) >= 11 is 5.56. The van der Waals surface area contributed by atoms with Gasteiger partial charge in [0.15, 0.2) is 6.79 Å². The van der Waals surface area contributed by atoms with Gasteiger partial charge in [-0.1, -0.05) is 12.1 Å². The monoisotopic (exact) mass is 329 g/mol. The number of benzene rings is 1. The molecule has 1 unspecified atom stereocenters. The van der Waals surface area contributed by atoms with E-state index >= 15 is 0 Å². The molecule has 7 heteroatoms. The van der Waals surface area contributed by atoms with Crippen LogP contribution in [0.1, 0.15) is 32.4 Å². The fourth-order valence-electron chi connectivity index (χ4n) is 1.58. The minimum absolute atomic E-state index is 0.118. The first kappa shape index (κ1) is 18.3. The number of ether oxygens (including phenoxy) is 3. The lowest BCUT2D eigenvalue weighted by molar-refractivity contribution is -0.113. The van der Waals surface area contributed by atoms with Gasteiger partial charge in [-0.05, 0) is 50.1 Å². The van der Waals surface area contributed by atoms with Crippen molar-refractivity contribution >= 4 is 22.9 Å². The highest BCUT2D eigenvalue weighted by Crippen LogP contribution is 2.20. The van der Waals surface area contributed by atoms with Gasteiger partial charge in [-0.25, -0.2) is 4.79 Å². The zero-order valence-corrected chi connectivity index (χ0v) is 13.8. The maximum atomic E-state index is 11.8. The van der Waals surface area contributed by atoms with E-state index in [2.05, 4.69) is 5.32 Å². The lowest BCUT2D eigenvalue weighted by Gasteiger charge is -2.22. The van der Waals surface area contributed by atoms with E-state index in [1.54, 1.807) is 45.0 Å². The Labute approximate surface area is 134 Å². The van der Waals surface area contributed by atoms with Crippen molar-refractivity contribution in [3.63, 3.8) is 0 Å². The summed E-state index contributed by atoms with van der Waals surface area (Å²) in [5.74, 6) is 0.573. The molecule has 22 heavy (non-hydrogen) atoms. The molecule has 0 spiro atoms. The number of methoxy groups -OCH3 is 1. The van der Waals surface area contributed by atoms with Crippen LogP contribution in [-0.2, 0) is 14.3 Å². The Kier molecular flexibility index (Phi) is 6.64. The Hall–Kier alpha value is -1.79. The molecule has 1 N–H and O–H groups in total. The number of amides is 1. The number of nitrogens with one attached hydrogen (secondary N) is 1. The molecule has 0 radical (unpaired) electrons. The molecule has 0 saturated heterocycles. The van der Waals surface area contributed by atoms with Gasteiger partial charge in [0.2, 0.25) is 5.24 Å². The van der Waals surface area contributed by atoms with E-state index in [4.69, 9.17) is 25.8 Å². The Bertz CT molecular complexity index is 510. The van der Waals surface area contributed by atoms with Crippen LogP contribution in [0, 0.1) is 0 Å². The van der Waals surface area contributed by atoms with Crippen LogP contribution in [0.25, 0.3) is 0 Å². The molecule has 1 aromatic carbocycles. The third-order valence-corrected chi connectivity index (χ3v) is 2.66. The summed E-state index contributed by atoms with van der Waals surface area (Å²) in [5.41, 5.74) is -0.141.